The monoisotopic (exact) mass is 505 g/mol. The van der Waals surface area contributed by atoms with E-state index in [9.17, 15) is 13.5 Å². The molecule has 156 valence electrons. The lowest BCUT2D eigenvalue weighted by molar-refractivity contribution is 0.137. The number of ether oxygens (including phenoxy) is 1. The van der Waals surface area contributed by atoms with Crippen LogP contribution in [0.1, 0.15) is 45.4 Å². The maximum Gasteiger partial charge on any atom is 0.191 e. The van der Waals surface area contributed by atoms with Gasteiger partial charge in [-0.15, -0.1) is 24.0 Å². The highest BCUT2D eigenvalue weighted by atomic mass is 127. The summed E-state index contributed by atoms with van der Waals surface area (Å²) in [5, 5.41) is 15.8. The predicted molar refractivity (Wildman–Crippen MR) is 117 cm³/mol. The normalized spacial score (nSPS) is 17.4. The summed E-state index contributed by atoms with van der Waals surface area (Å²) in [5.41, 5.74) is 0.126. The lowest BCUT2D eigenvalue weighted by Gasteiger charge is -2.35. The molecule has 0 amide bonds. The van der Waals surface area contributed by atoms with Crippen LogP contribution in [0.5, 0.6) is 0 Å². The Kier molecular flexibility index (Phi) is 13.9. The molecular formula is C17H36IN3O4S. The summed E-state index contributed by atoms with van der Waals surface area (Å²) in [6, 6.07) is 0. The number of aliphatic hydroxyl groups is 1. The second-order valence-electron chi connectivity index (χ2n) is 6.90. The number of nitrogens with one attached hydrogen (secondary N) is 2. The molecule has 3 N–H and O–H groups in total. The number of sulfone groups is 1. The smallest absolute Gasteiger partial charge is 0.191 e. The Morgan fingerprint density at radius 2 is 1.88 bits per heavy atom. The molecule has 0 aromatic heterocycles. The number of hydrogen-bond donors (Lipinski definition) is 3. The molecule has 26 heavy (non-hydrogen) atoms. The molecule has 0 bridgehead atoms. The number of aliphatic hydroxyl groups excluding tert-OH is 1. The van der Waals surface area contributed by atoms with Crippen LogP contribution < -0.4 is 10.6 Å². The van der Waals surface area contributed by atoms with Gasteiger partial charge in [-0.3, -0.25) is 4.99 Å². The van der Waals surface area contributed by atoms with Crippen LogP contribution in [-0.4, -0.2) is 70.9 Å². The van der Waals surface area contributed by atoms with Crippen LogP contribution in [0.4, 0.5) is 0 Å². The van der Waals surface area contributed by atoms with E-state index in [0.717, 1.165) is 38.3 Å². The number of guanidine groups is 1. The largest absolute Gasteiger partial charge is 0.396 e. The SMILES string of the molecule is CCNC(=NCC1(CCO)CCCCC1)NCCOCCS(C)(=O)=O.I. The van der Waals surface area contributed by atoms with Crippen molar-refractivity contribution in [3.8, 4) is 0 Å². The van der Waals surface area contributed by atoms with Gasteiger partial charge in [0.15, 0.2) is 5.96 Å². The van der Waals surface area contributed by atoms with Crippen molar-refractivity contribution < 1.29 is 18.3 Å². The molecule has 0 unspecified atom stereocenters. The van der Waals surface area contributed by atoms with Crippen LogP contribution in [0.2, 0.25) is 0 Å². The fourth-order valence-electron chi connectivity index (χ4n) is 3.17. The molecule has 1 saturated carbocycles. The molecular weight excluding hydrogens is 469 g/mol. The molecule has 9 heteroatoms. The molecule has 1 rings (SSSR count). The average molecular weight is 505 g/mol. The third kappa shape index (κ3) is 11.6. The Hall–Kier alpha value is -0.130. The number of hydrogen-bond acceptors (Lipinski definition) is 5. The van der Waals surface area contributed by atoms with Gasteiger partial charge in [-0.2, -0.15) is 0 Å². The van der Waals surface area contributed by atoms with Gasteiger partial charge in [0.2, 0.25) is 0 Å². The Balaban J connectivity index is 0.00000625. The first-order valence-electron chi connectivity index (χ1n) is 9.29. The molecule has 0 aromatic rings. The van der Waals surface area contributed by atoms with Crippen LogP contribution in [0.15, 0.2) is 4.99 Å². The minimum atomic E-state index is -2.97. The van der Waals surface area contributed by atoms with Crippen LogP contribution in [-0.2, 0) is 14.6 Å². The van der Waals surface area contributed by atoms with Gasteiger partial charge in [-0.05, 0) is 31.6 Å². The van der Waals surface area contributed by atoms with Crippen molar-refractivity contribution in [1.82, 2.24) is 10.6 Å². The van der Waals surface area contributed by atoms with Crippen molar-refractivity contribution >= 4 is 39.8 Å². The average Bonchev–Trinajstić information content (AvgIpc) is 2.56. The second kappa shape index (κ2) is 14.0. The van der Waals surface area contributed by atoms with Gasteiger partial charge < -0.3 is 20.5 Å². The predicted octanol–water partition coefficient (Wildman–Crippen LogP) is 1.55. The molecule has 1 aliphatic carbocycles. The summed E-state index contributed by atoms with van der Waals surface area (Å²) in [4.78, 5) is 4.72. The molecule has 0 aromatic carbocycles. The molecule has 0 radical (unpaired) electrons. The summed E-state index contributed by atoms with van der Waals surface area (Å²) < 4.78 is 27.4. The first-order chi connectivity index (χ1) is 11.9. The molecule has 1 aliphatic rings. The molecule has 0 saturated heterocycles. The zero-order valence-electron chi connectivity index (χ0n) is 16.1. The number of rotatable bonds is 11. The molecule has 0 atom stereocenters. The van der Waals surface area contributed by atoms with Crippen molar-refractivity contribution in [3.63, 3.8) is 0 Å². The molecule has 7 nitrogen and oxygen atoms in total. The van der Waals surface area contributed by atoms with E-state index in [2.05, 4.69) is 10.6 Å². The van der Waals surface area contributed by atoms with E-state index < -0.39 is 9.84 Å². The maximum absolute atomic E-state index is 11.0. The number of nitrogens with zero attached hydrogens (tertiary/aromatic N) is 1. The van der Waals surface area contributed by atoms with Crippen LogP contribution in [0.3, 0.4) is 0 Å². The first-order valence-corrected chi connectivity index (χ1v) is 11.4. The Bertz CT molecular complexity index is 489. The fourth-order valence-corrected chi connectivity index (χ4v) is 3.59. The highest BCUT2D eigenvalue weighted by molar-refractivity contribution is 14.0. The van der Waals surface area contributed by atoms with Crippen LogP contribution in [0, 0.1) is 5.41 Å². The highest BCUT2D eigenvalue weighted by Crippen LogP contribution is 2.39. The fraction of sp³-hybridized carbons (Fsp3) is 0.941. The molecule has 0 heterocycles. The standard InChI is InChI=1S/C17H35N3O4S.HI/c1-3-18-16(19-10-12-24-13-14-25(2,22)23)20-15-17(9-11-21)7-5-4-6-8-17;/h21H,3-15H2,1-2H3,(H2,18,19,20);1H. The Morgan fingerprint density at radius 3 is 2.46 bits per heavy atom. The maximum atomic E-state index is 11.0. The van der Waals surface area contributed by atoms with E-state index >= 15 is 0 Å². The highest BCUT2D eigenvalue weighted by Gasteiger charge is 2.31. The minimum absolute atomic E-state index is 0. The number of halogens is 1. The Morgan fingerprint density at radius 1 is 1.19 bits per heavy atom. The van der Waals surface area contributed by atoms with E-state index in [1.54, 1.807) is 0 Å². The van der Waals surface area contributed by atoms with Crippen LogP contribution in [0.25, 0.3) is 0 Å². The van der Waals surface area contributed by atoms with E-state index in [0.29, 0.717) is 13.2 Å². The van der Waals surface area contributed by atoms with Crippen molar-refractivity contribution in [3.05, 3.63) is 0 Å². The van der Waals surface area contributed by atoms with E-state index in [4.69, 9.17) is 9.73 Å². The lowest BCUT2D eigenvalue weighted by Crippen LogP contribution is -2.40. The van der Waals surface area contributed by atoms with Crippen molar-refractivity contribution in [2.75, 3.05) is 51.5 Å². The summed E-state index contributed by atoms with van der Waals surface area (Å²) >= 11 is 0. The Labute approximate surface area is 175 Å². The topological polar surface area (TPSA) is 100 Å². The van der Waals surface area contributed by atoms with Gasteiger partial charge in [-0.25, -0.2) is 8.42 Å². The van der Waals surface area contributed by atoms with Gasteiger partial charge in [0.05, 0.1) is 19.0 Å². The summed E-state index contributed by atoms with van der Waals surface area (Å²) in [5.74, 6) is 0.794. The summed E-state index contributed by atoms with van der Waals surface area (Å²) in [7, 11) is -2.97. The van der Waals surface area contributed by atoms with E-state index in [1.807, 2.05) is 6.92 Å². The quantitative estimate of drug-likeness (QED) is 0.171. The van der Waals surface area contributed by atoms with Gasteiger partial charge in [-0.1, -0.05) is 19.3 Å². The summed E-state index contributed by atoms with van der Waals surface area (Å²) in [6.45, 7) is 4.95. The van der Waals surface area contributed by atoms with Crippen molar-refractivity contribution in [2.45, 2.75) is 45.4 Å². The second-order valence-corrected chi connectivity index (χ2v) is 9.16. The van der Waals surface area contributed by atoms with Crippen LogP contribution >= 0.6 is 24.0 Å². The van der Waals surface area contributed by atoms with Crippen molar-refractivity contribution in [2.24, 2.45) is 10.4 Å². The van der Waals surface area contributed by atoms with E-state index in [-0.39, 0.29) is 48.4 Å². The zero-order chi connectivity index (χ0) is 18.6. The van der Waals surface area contributed by atoms with Gasteiger partial charge >= 0.3 is 0 Å². The van der Waals surface area contributed by atoms with Gasteiger partial charge in [0.1, 0.15) is 9.84 Å². The first kappa shape index (κ1) is 25.9. The third-order valence-corrected chi connectivity index (χ3v) is 5.52. The molecule has 1 fully saturated rings. The summed E-state index contributed by atoms with van der Waals surface area (Å²) in [6.07, 6.45) is 7.99. The number of aliphatic imine (C=N–C) groups is 1. The third-order valence-electron chi connectivity index (χ3n) is 4.61. The minimum Gasteiger partial charge on any atom is -0.396 e. The zero-order valence-corrected chi connectivity index (χ0v) is 19.3. The molecule has 0 aliphatic heterocycles. The van der Waals surface area contributed by atoms with E-state index in [1.165, 1.54) is 25.5 Å². The van der Waals surface area contributed by atoms with Gasteiger partial charge in [0.25, 0.3) is 0 Å². The lowest BCUT2D eigenvalue weighted by atomic mass is 9.72. The van der Waals surface area contributed by atoms with Gasteiger partial charge in [0, 0.05) is 32.5 Å². The van der Waals surface area contributed by atoms with Crippen molar-refractivity contribution in [1.29, 1.82) is 0 Å². The molecule has 0 spiro atoms.